The number of hydrogen-bond acceptors (Lipinski definition) is 4. The summed E-state index contributed by atoms with van der Waals surface area (Å²) < 4.78 is 21.1. The molecule has 1 N–H and O–H groups in total. The zero-order valence-corrected chi connectivity index (χ0v) is 17.0. The minimum Gasteiger partial charge on any atom is -0.379 e. The van der Waals surface area contributed by atoms with E-state index in [4.69, 9.17) is 17.0 Å². The lowest BCUT2D eigenvalue weighted by Crippen LogP contribution is -2.36. The van der Waals surface area contributed by atoms with E-state index in [1.807, 2.05) is 4.90 Å². The number of amides is 1. The van der Waals surface area contributed by atoms with E-state index < -0.39 is 11.4 Å². The molecule has 1 saturated heterocycles. The molecule has 1 amide bonds. The van der Waals surface area contributed by atoms with Crippen molar-refractivity contribution >= 4 is 29.0 Å². The molecule has 1 aromatic heterocycles. The van der Waals surface area contributed by atoms with Crippen LogP contribution in [0.2, 0.25) is 0 Å². The first kappa shape index (κ1) is 19.1. The van der Waals surface area contributed by atoms with Gasteiger partial charge in [0.25, 0.3) is 11.5 Å². The van der Waals surface area contributed by atoms with Crippen molar-refractivity contribution in [2.45, 2.75) is 12.8 Å². The molecule has 1 spiro atoms. The first-order chi connectivity index (χ1) is 14.5. The summed E-state index contributed by atoms with van der Waals surface area (Å²) in [5.74, 6) is -0.631. The summed E-state index contributed by atoms with van der Waals surface area (Å²) in [6.07, 6.45) is 2.16. The van der Waals surface area contributed by atoms with Crippen LogP contribution in [-0.4, -0.2) is 46.7 Å². The topological polar surface area (TPSA) is 67.3 Å². The summed E-state index contributed by atoms with van der Waals surface area (Å²) >= 11 is 5.33. The number of carbonyl (C=O) groups excluding carboxylic acids is 1. The number of hydrogen-bond donors (Lipinski definition) is 1. The Balaban J connectivity index is 1.55. The highest BCUT2D eigenvalue weighted by Gasteiger charge is 2.46. The van der Waals surface area contributed by atoms with Crippen molar-refractivity contribution in [2.75, 3.05) is 26.3 Å². The van der Waals surface area contributed by atoms with Gasteiger partial charge in [-0.05, 0) is 55.4 Å². The smallest absolute Gasteiger partial charge is 0.266 e. The molecule has 8 heteroatoms. The SMILES string of the molecule is O=C(c1ccc2c(=O)n(-c3ccccc3F)c(=S)[nH]c2c1)N1CCOCC2(CC2)C1. The van der Waals surface area contributed by atoms with Gasteiger partial charge in [-0.25, -0.2) is 8.96 Å². The molecule has 2 aromatic carbocycles. The Labute approximate surface area is 176 Å². The number of nitrogens with one attached hydrogen (secondary N) is 1. The first-order valence-electron chi connectivity index (χ1n) is 9.89. The number of aromatic nitrogens is 2. The molecular weight excluding hydrogens is 405 g/mol. The maximum absolute atomic E-state index is 14.2. The number of nitrogens with zero attached hydrogens (tertiary/aromatic N) is 2. The number of benzene rings is 2. The Hall–Kier alpha value is -2.84. The standard InChI is InChI=1S/C22H20FN3O3S/c23-16-3-1-2-4-18(16)26-20(28)15-6-5-14(11-17(15)24-21(26)30)19(27)25-9-10-29-13-22(12-25)7-8-22/h1-6,11H,7-10,12-13H2,(H,24,30). The summed E-state index contributed by atoms with van der Waals surface area (Å²) in [5.41, 5.74) is 0.698. The number of H-pyrrole nitrogens is 1. The molecular formula is C22H20FN3O3S. The lowest BCUT2D eigenvalue weighted by Gasteiger charge is -2.23. The molecule has 0 radical (unpaired) electrons. The highest BCUT2D eigenvalue weighted by atomic mass is 32.1. The van der Waals surface area contributed by atoms with Crippen LogP contribution < -0.4 is 5.56 Å². The monoisotopic (exact) mass is 425 g/mol. The molecule has 1 aliphatic carbocycles. The molecule has 2 heterocycles. The molecule has 1 saturated carbocycles. The van der Waals surface area contributed by atoms with Gasteiger partial charge in [0.1, 0.15) is 5.82 Å². The first-order valence-corrected chi connectivity index (χ1v) is 10.3. The van der Waals surface area contributed by atoms with Crippen molar-refractivity contribution in [3.05, 3.63) is 69.0 Å². The molecule has 1 aliphatic heterocycles. The van der Waals surface area contributed by atoms with Crippen molar-refractivity contribution in [1.29, 1.82) is 0 Å². The van der Waals surface area contributed by atoms with Gasteiger partial charge in [-0.15, -0.1) is 0 Å². The number of para-hydroxylation sites is 1. The van der Waals surface area contributed by atoms with Crippen molar-refractivity contribution in [1.82, 2.24) is 14.5 Å². The van der Waals surface area contributed by atoms with Gasteiger partial charge in [0.05, 0.1) is 29.8 Å². The van der Waals surface area contributed by atoms with E-state index in [-0.39, 0.29) is 21.8 Å². The highest BCUT2D eigenvalue weighted by molar-refractivity contribution is 7.71. The molecule has 30 heavy (non-hydrogen) atoms. The Bertz CT molecular complexity index is 1280. The van der Waals surface area contributed by atoms with E-state index >= 15 is 0 Å². The zero-order valence-electron chi connectivity index (χ0n) is 16.2. The molecule has 0 bridgehead atoms. The molecule has 154 valence electrons. The summed E-state index contributed by atoms with van der Waals surface area (Å²) in [6.45, 7) is 2.46. The second-order valence-corrected chi connectivity index (χ2v) is 8.45. The molecule has 3 aromatic rings. The molecule has 6 nitrogen and oxygen atoms in total. The van der Waals surface area contributed by atoms with Crippen molar-refractivity contribution in [3.8, 4) is 5.69 Å². The fourth-order valence-corrected chi connectivity index (χ4v) is 4.32. The largest absolute Gasteiger partial charge is 0.379 e. The van der Waals surface area contributed by atoms with Crippen LogP contribution in [0.1, 0.15) is 23.2 Å². The van der Waals surface area contributed by atoms with Gasteiger partial charge in [-0.1, -0.05) is 12.1 Å². The molecule has 2 aliphatic rings. The third kappa shape index (κ3) is 3.26. The number of aromatic amines is 1. The summed E-state index contributed by atoms with van der Waals surface area (Å²) in [7, 11) is 0. The predicted octanol–water partition coefficient (Wildman–Crippen LogP) is 3.44. The van der Waals surface area contributed by atoms with E-state index in [9.17, 15) is 14.0 Å². The molecule has 2 fully saturated rings. The van der Waals surface area contributed by atoms with Crippen LogP contribution in [0.15, 0.2) is 47.3 Å². The van der Waals surface area contributed by atoms with Crippen molar-refractivity contribution < 1.29 is 13.9 Å². The van der Waals surface area contributed by atoms with E-state index in [1.165, 1.54) is 12.1 Å². The minimum atomic E-state index is -0.539. The predicted molar refractivity (Wildman–Crippen MR) is 113 cm³/mol. The van der Waals surface area contributed by atoms with Crippen LogP contribution in [0.4, 0.5) is 4.39 Å². The minimum absolute atomic E-state index is 0.0716. The summed E-state index contributed by atoms with van der Waals surface area (Å²) in [5, 5.41) is 0.335. The average Bonchev–Trinajstić information content (AvgIpc) is 3.54. The van der Waals surface area contributed by atoms with Gasteiger partial charge in [0.2, 0.25) is 0 Å². The van der Waals surface area contributed by atoms with E-state index in [1.54, 1.807) is 30.3 Å². The number of rotatable bonds is 2. The fraction of sp³-hybridized carbons (Fsp3) is 0.318. The molecule has 0 unspecified atom stereocenters. The zero-order chi connectivity index (χ0) is 20.9. The van der Waals surface area contributed by atoms with E-state index in [0.717, 1.165) is 17.4 Å². The van der Waals surface area contributed by atoms with Gasteiger partial charge in [0.15, 0.2) is 4.77 Å². The lowest BCUT2D eigenvalue weighted by atomic mass is 10.1. The number of fused-ring (bicyclic) bond motifs is 1. The number of ether oxygens (including phenoxy) is 1. The fourth-order valence-electron chi connectivity index (χ4n) is 4.03. The normalized spacial score (nSPS) is 17.8. The maximum Gasteiger partial charge on any atom is 0.266 e. The quantitative estimate of drug-likeness (QED) is 0.639. The number of carbonyl (C=O) groups is 1. The Morgan fingerprint density at radius 3 is 2.77 bits per heavy atom. The Morgan fingerprint density at radius 2 is 2.00 bits per heavy atom. The van der Waals surface area contributed by atoms with Gasteiger partial charge < -0.3 is 14.6 Å². The van der Waals surface area contributed by atoms with Crippen LogP contribution in [0.25, 0.3) is 16.6 Å². The van der Waals surface area contributed by atoms with Gasteiger partial charge in [0, 0.05) is 24.1 Å². The summed E-state index contributed by atoms with van der Waals surface area (Å²) in [6, 6.07) is 10.8. The molecule has 0 atom stereocenters. The van der Waals surface area contributed by atoms with Crippen molar-refractivity contribution in [3.63, 3.8) is 0 Å². The van der Waals surface area contributed by atoms with E-state index in [0.29, 0.717) is 42.8 Å². The number of halogens is 1. The second kappa shape index (κ2) is 7.14. The third-order valence-electron chi connectivity index (χ3n) is 5.92. The van der Waals surface area contributed by atoms with E-state index in [2.05, 4.69) is 4.98 Å². The van der Waals surface area contributed by atoms with Gasteiger partial charge >= 0.3 is 0 Å². The van der Waals surface area contributed by atoms with Crippen LogP contribution in [0.3, 0.4) is 0 Å². The Kier molecular flexibility index (Phi) is 4.56. The highest BCUT2D eigenvalue weighted by Crippen LogP contribution is 2.47. The van der Waals surface area contributed by atoms with Crippen LogP contribution in [0, 0.1) is 16.0 Å². The molecule has 5 rings (SSSR count). The Morgan fingerprint density at radius 1 is 1.20 bits per heavy atom. The average molecular weight is 425 g/mol. The van der Waals surface area contributed by atoms with Crippen LogP contribution in [-0.2, 0) is 4.74 Å². The van der Waals surface area contributed by atoms with Crippen LogP contribution >= 0.6 is 12.2 Å². The third-order valence-corrected chi connectivity index (χ3v) is 6.21. The van der Waals surface area contributed by atoms with Gasteiger partial charge in [-0.2, -0.15) is 0 Å². The second-order valence-electron chi connectivity index (χ2n) is 8.06. The summed E-state index contributed by atoms with van der Waals surface area (Å²) in [4.78, 5) is 30.9. The van der Waals surface area contributed by atoms with Crippen molar-refractivity contribution in [2.24, 2.45) is 5.41 Å². The van der Waals surface area contributed by atoms with Crippen LogP contribution in [0.5, 0.6) is 0 Å². The van der Waals surface area contributed by atoms with Gasteiger partial charge in [-0.3, -0.25) is 9.59 Å². The maximum atomic E-state index is 14.2. The lowest BCUT2D eigenvalue weighted by molar-refractivity contribution is 0.0735.